The van der Waals surface area contributed by atoms with Crippen molar-refractivity contribution in [1.82, 2.24) is 30.0 Å². The fraction of sp³-hybridized carbons (Fsp3) is 0.733. The zero-order chi connectivity index (χ0) is 16.6. The first-order chi connectivity index (χ1) is 10.9. The molecule has 1 fully saturated rings. The lowest BCUT2D eigenvalue weighted by Gasteiger charge is -2.13. The Labute approximate surface area is 135 Å². The first-order valence-corrected chi connectivity index (χ1v) is 7.81. The summed E-state index contributed by atoms with van der Waals surface area (Å²) in [7, 11) is 3.61. The van der Waals surface area contributed by atoms with Crippen molar-refractivity contribution < 1.29 is 9.26 Å². The van der Waals surface area contributed by atoms with Crippen LogP contribution in [0.4, 0.5) is 0 Å². The normalized spacial score (nSPS) is 22.8. The van der Waals surface area contributed by atoms with E-state index in [4.69, 9.17) is 9.26 Å². The second-order valence-electron chi connectivity index (χ2n) is 7.15. The lowest BCUT2D eigenvalue weighted by molar-refractivity contribution is 0.0946. The molecule has 2 aromatic heterocycles. The van der Waals surface area contributed by atoms with Gasteiger partial charge in [-0.05, 0) is 0 Å². The number of aromatic nitrogens is 5. The fourth-order valence-corrected chi connectivity index (χ4v) is 2.85. The molecule has 0 N–H and O–H groups in total. The molecular weight excluding hydrogens is 296 g/mol. The summed E-state index contributed by atoms with van der Waals surface area (Å²) in [6, 6.07) is 0. The van der Waals surface area contributed by atoms with E-state index in [1.54, 1.807) is 11.8 Å². The zero-order valence-electron chi connectivity index (χ0n) is 14.4. The van der Waals surface area contributed by atoms with Gasteiger partial charge in [-0.1, -0.05) is 31.1 Å². The van der Waals surface area contributed by atoms with Gasteiger partial charge in [0.05, 0.1) is 18.3 Å². The van der Waals surface area contributed by atoms with E-state index >= 15 is 0 Å². The van der Waals surface area contributed by atoms with Crippen molar-refractivity contribution in [2.75, 3.05) is 20.2 Å². The molecule has 3 rings (SSSR count). The smallest absolute Gasteiger partial charge is 0.240 e. The summed E-state index contributed by atoms with van der Waals surface area (Å²) < 4.78 is 12.7. The maximum Gasteiger partial charge on any atom is 0.240 e. The molecule has 0 radical (unpaired) electrons. The number of likely N-dealkylation sites (tertiary alicyclic amines) is 1. The molecule has 0 saturated carbocycles. The standard InChI is InChI=1S/C15H24N6O2/c1-15(2,3)14-16-13(23-18-14)9-21-6-10(12(8-21)22-5)11-7-20(4)19-17-11/h7,10,12H,6,8-9H2,1-5H3/t10-,12+/m0/s1. The Hall–Kier alpha value is -1.80. The van der Waals surface area contributed by atoms with E-state index in [0.717, 1.165) is 24.6 Å². The summed E-state index contributed by atoms with van der Waals surface area (Å²) in [5, 5.41) is 12.3. The summed E-state index contributed by atoms with van der Waals surface area (Å²) in [6.07, 6.45) is 2.04. The van der Waals surface area contributed by atoms with E-state index in [1.165, 1.54) is 0 Å². The van der Waals surface area contributed by atoms with Crippen LogP contribution in [0.3, 0.4) is 0 Å². The number of hydrogen-bond acceptors (Lipinski definition) is 7. The monoisotopic (exact) mass is 320 g/mol. The number of nitrogens with zero attached hydrogens (tertiary/aromatic N) is 6. The molecule has 0 unspecified atom stereocenters. The quantitative estimate of drug-likeness (QED) is 0.834. The van der Waals surface area contributed by atoms with Gasteiger partial charge in [0.1, 0.15) is 0 Å². The van der Waals surface area contributed by atoms with E-state index in [9.17, 15) is 0 Å². The summed E-state index contributed by atoms with van der Waals surface area (Å²) in [5.41, 5.74) is 0.854. The highest BCUT2D eigenvalue weighted by atomic mass is 16.5. The van der Waals surface area contributed by atoms with Crippen molar-refractivity contribution in [3.63, 3.8) is 0 Å². The predicted molar refractivity (Wildman–Crippen MR) is 82.8 cm³/mol. The number of aryl methyl sites for hydroxylation is 1. The second-order valence-corrected chi connectivity index (χ2v) is 7.15. The summed E-state index contributed by atoms with van der Waals surface area (Å²) in [6.45, 7) is 8.49. The van der Waals surface area contributed by atoms with E-state index in [1.807, 2.05) is 13.2 Å². The topological polar surface area (TPSA) is 82.1 Å². The first-order valence-electron chi connectivity index (χ1n) is 7.81. The molecule has 126 valence electrons. The molecule has 2 aromatic rings. The summed E-state index contributed by atoms with van der Waals surface area (Å²) in [5.74, 6) is 1.59. The van der Waals surface area contributed by atoms with Gasteiger partial charge in [0.2, 0.25) is 5.89 Å². The van der Waals surface area contributed by atoms with Crippen LogP contribution in [0, 0.1) is 0 Å². The third kappa shape index (κ3) is 3.42. The van der Waals surface area contributed by atoms with E-state index in [-0.39, 0.29) is 17.4 Å². The second kappa shape index (κ2) is 6.01. The summed E-state index contributed by atoms with van der Waals surface area (Å²) in [4.78, 5) is 6.76. The highest BCUT2D eigenvalue weighted by Crippen LogP contribution is 2.29. The molecule has 0 aliphatic carbocycles. The minimum Gasteiger partial charge on any atom is -0.379 e. The van der Waals surface area contributed by atoms with Gasteiger partial charge in [0.15, 0.2) is 5.82 Å². The molecule has 1 aliphatic rings. The molecule has 8 heteroatoms. The van der Waals surface area contributed by atoms with E-state index in [2.05, 4.69) is 46.1 Å². The van der Waals surface area contributed by atoms with E-state index < -0.39 is 0 Å². The van der Waals surface area contributed by atoms with Crippen molar-refractivity contribution in [2.45, 2.75) is 44.8 Å². The first kappa shape index (κ1) is 16.1. The van der Waals surface area contributed by atoms with Crippen LogP contribution in [-0.4, -0.2) is 56.3 Å². The molecule has 8 nitrogen and oxygen atoms in total. The fourth-order valence-electron chi connectivity index (χ4n) is 2.85. The molecular formula is C15H24N6O2. The van der Waals surface area contributed by atoms with Gasteiger partial charge in [-0.25, -0.2) is 0 Å². The van der Waals surface area contributed by atoms with Crippen molar-refractivity contribution in [2.24, 2.45) is 7.05 Å². The third-order valence-electron chi connectivity index (χ3n) is 4.14. The van der Waals surface area contributed by atoms with Crippen LogP contribution in [0.5, 0.6) is 0 Å². The maximum absolute atomic E-state index is 5.63. The number of methoxy groups -OCH3 is 1. The van der Waals surface area contributed by atoms with Gasteiger partial charge in [0.25, 0.3) is 0 Å². The molecule has 1 aliphatic heterocycles. The Morgan fingerprint density at radius 2 is 2.13 bits per heavy atom. The molecule has 0 spiro atoms. The van der Waals surface area contributed by atoms with Crippen LogP contribution in [0.2, 0.25) is 0 Å². The highest BCUT2D eigenvalue weighted by molar-refractivity contribution is 5.10. The molecule has 0 aromatic carbocycles. The lowest BCUT2D eigenvalue weighted by atomic mass is 9.96. The highest BCUT2D eigenvalue weighted by Gasteiger charge is 2.36. The van der Waals surface area contributed by atoms with Gasteiger partial charge in [-0.15, -0.1) is 5.10 Å². The van der Waals surface area contributed by atoms with Crippen LogP contribution in [0.1, 0.15) is 44.1 Å². The average Bonchev–Trinajstić information content (AvgIpc) is 3.17. The van der Waals surface area contributed by atoms with Gasteiger partial charge in [-0.3, -0.25) is 9.58 Å². The SMILES string of the molecule is CO[C@@H]1CN(Cc2nc(C(C)(C)C)no2)C[C@H]1c1cn(C)nn1. The minimum absolute atomic E-state index is 0.0942. The van der Waals surface area contributed by atoms with Crippen molar-refractivity contribution in [3.05, 3.63) is 23.6 Å². The van der Waals surface area contributed by atoms with Gasteiger partial charge in [0, 0.05) is 44.8 Å². The zero-order valence-corrected chi connectivity index (χ0v) is 14.4. The van der Waals surface area contributed by atoms with Crippen LogP contribution < -0.4 is 0 Å². The average molecular weight is 320 g/mol. The Morgan fingerprint density at radius 1 is 1.35 bits per heavy atom. The molecule has 23 heavy (non-hydrogen) atoms. The minimum atomic E-state index is -0.107. The van der Waals surface area contributed by atoms with Gasteiger partial charge < -0.3 is 9.26 Å². The Balaban J connectivity index is 1.69. The Bertz CT molecular complexity index is 659. The molecule has 2 atom stereocenters. The van der Waals surface area contributed by atoms with Crippen LogP contribution in [0.15, 0.2) is 10.7 Å². The van der Waals surface area contributed by atoms with Gasteiger partial charge in [-0.2, -0.15) is 4.98 Å². The molecule has 0 amide bonds. The van der Waals surface area contributed by atoms with E-state index in [0.29, 0.717) is 12.4 Å². The Kier molecular flexibility index (Phi) is 4.20. The van der Waals surface area contributed by atoms with Crippen molar-refractivity contribution in [1.29, 1.82) is 0 Å². The lowest BCUT2D eigenvalue weighted by Crippen LogP contribution is -2.23. The summed E-state index contributed by atoms with van der Waals surface area (Å²) >= 11 is 0. The number of hydrogen-bond donors (Lipinski definition) is 0. The van der Waals surface area contributed by atoms with Crippen LogP contribution >= 0.6 is 0 Å². The Morgan fingerprint density at radius 3 is 2.70 bits per heavy atom. The maximum atomic E-state index is 5.63. The number of rotatable bonds is 4. The van der Waals surface area contributed by atoms with Gasteiger partial charge >= 0.3 is 0 Å². The van der Waals surface area contributed by atoms with Crippen molar-refractivity contribution in [3.8, 4) is 0 Å². The molecule has 1 saturated heterocycles. The molecule has 3 heterocycles. The van der Waals surface area contributed by atoms with Crippen LogP contribution in [-0.2, 0) is 23.7 Å². The number of ether oxygens (including phenoxy) is 1. The molecule has 0 bridgehead atoms. The van der Waals surface area contributed by atoms with Crippen LogP contribution in [0.25, 0.3) is 0 Å². The largest absolute Gasteiger partial charge is 0.379 e. The predicted octanol–water partition coefficient (Wildman–Crippen LogP) is 1.11. The van der Waals surface area contributed by atoms with Crippen molar-refractivity contribution >= 4 is 0 Å². The third-order valence-corrected chi connectivity index (χ3v) is 4.14.